The summed E-state index contributed by atoms with van der Waals surface area (Å²) in [6.45, 7) is 8.39. The molecule has 1 saturated carbocycles. The molecule has 4 N–H and O–H groups in total. The van der Waals surface area contributed by atoms with Crippen LogP contribution in [0.1, 0.15) is 58.1 Å². The van der Waals surface area contributed by atoms with Gasteiger partial charge in [-0.05, 0) is 102 Å². The maximum absolute atomic E-state index is 13.7. The lowest BCUT2D eigenvalue weighted by Gasteiger charge is -2.60. The van der Waals surface area contributed by atoms with E-state index in [1.54, 1.807) is 26.8 Å². The second-order valence-electron chi connectivity index (χ2n) is 12.7. The maximum atomic E-state index is 13.7. The molecular weight excluding hydrogens is 561 g/mol. The van der Waals surface area contributed by atoms with Gasteiger partial charge >= 0.3 is 0 Å². The van der Waals surface area contributed by atoms with Crippen molar-refractivity contribution in [2.45, 2.75) is 87.5 Å². The fourth-order valence-corrected chi connectivity index (χ4v) is 8.39. The molecule has 0 radical (unpaired) electrons. The first-order valence-electron chi connectivity index (χ1n) is 14.5. The Bertz CT molecular complexity index is 1570. The fraction of sp³-hybridized carbons (Fsp3) is 0.516. The van der Waals surface area contributed by atoms with Crippen LogP contribution in [0.4, 0.5) is 4.39 Å². The summed E-state index contributed by atoms with van der Waals surface area (Å²) in [5.74, 6) is -0.406. The van der Waals surface area contributed by atoms with Gasteiger partial charge in [0, 0.05) is 29.8 Å². The van der Waals surface area contributed by atoms with E-state index in [9.17, 15) is 27.8 Å². The van der Waals surface area contributed by atoms with Crippen LogP contribution in [-0.4, -0.2) is 66.3 Å². The lowest BCUT2D eigenvalue weighted by molar-refractivity contribution is -0.150. The van der Waals surface area contributed by atoms with E-state index in [2.05, 4.69) is 14.9 Å². The summed E-state index contributed by atoms with van der Waals surface area (Å²) in [5.41, 5.74) is -0.948. The zero-order valence-electron chi connectivity index (χ0n) is 24.3. The molecular formula is C31H38FN3O6S. The monoisotopic (exact) mass is 599 g/mol. The molecule has 2 fully saturated rings. The van der Waals surface area contributed by atoms with Gasteiger partial charge in [0.1, 0.15) is 5.82 Å². The van der Waals surface area contributed by atoms with E-state index >= 15 is 0 Å². The zero-order chi connectivity index (χ0) is 30.2. The summed E-state index contributed by atoms with van der Waals surface area (Å²) in [4.78, 5) is 15.6. The topological polar surface area (TPSA) is 128 Å². The van der Waals surface area contributed by atoms with Crippen molar-refractivity contribution >= 4 is 15.9 Å². The number of carbonyl (C=O) groups excluding carboxylic acids is 1. The maximum Gasteiger partial charge on any atom is 0.261 e. The van der Waals surface area contributed by atoms with E-state index in [1.165, 1.54) is 19.8 Å². The molecule has 1 saturated heterocycles. The molecule has 4 atom stereocenters. The van der Waals surface area contributed by atoms with Crippen molar-refractivity contribution in [2.24, 2.45) is 5.92 Å². The van der Waals surface area contributed by atoms with Crippen molar-refractivity contribution in [1.82, 2.24) is 14.9 Å². The Morgan fingerprint density at radius 3 is 2.52 bits per heavy atom. The van der Waals surface area contributed by atoms with Crippen LogP contribution >= 0.6 is 0 Å². The van der Waals surface area contributed by atoms with Gasteiger partial charge in [-0.25, -0.2) is 12.8 Å². The lowest BCUT2D eigenvalue weighted by Crippen LogP contribution is -2.73. The number of amides is 1. The largest absolute Gasteiger partial charge is 0.504 e. The number of sulfonamides is 1. The van der Waals surface area contributed by atoms with Gasteiger partial charge in [0.15, 0.2) is 17.6 Å². The van der Waals surface area contributed by atoms with Crippen LogP contribution in [0.3, 0.4) is 0 Å². The third kappa shape index (κ3) is 4.48. The number of ether oxygens (including phenoxy) is 1. The van der Waals surface area contributed by atoms with Crippen LogP contribution in [0.25, 0.3) is 0 Å². The number of hydrogen-bond donors (Lipinski definition) is 4. The first kappa shape index (κ1) is 28.9. The summed E-state index contributed by atoms with van der Waals surface area (Å²) in [6, 6.07) is 7.30. The Morgan fingerprint density at radius 1 is 1.19 bits per heavy atom. The summed E-state index contributed by atoms with van der Waals surface area (Å²) < 4.78 is 50.2. The molecule has 9 nitrogen and oxygen atoms in total. The fourth-order valence-electron chi connectivity index (χ4n) is 7.23. The molecule has 1 spiro atoms. The molecule has 2 heterocycles. The van der Waals surface area contributed by atoms with Crippen LogP contribution < -0.4 is 14.8 Å². The van der Waals surface area contributed by atoms with E-state index in [-0.39, 0.29) is 39.7 Å². The molecule has 2 bridgehead atoms. The van der Waals surface area contributed by atoms with Crippen LogP contribution in [0, 0.1) is 11.7 Å². The Morgan fingerprint density at radius 2 is 1.88 bits per heavy atom. The minimum Gasteiger partial charge on any atom is -0.504 e. The van der Waals surface area contributed by atoms with E-state index in [1.807, 2.05) is 6.07 Å². The van der Waals surface area contributed by atoms with Crippen LogP contribution in [0.2, 0.25) is 0 Å². The van der Waals surface area contributed by atoms with Gasteiger partial charge in [-0.1, -0.05) is 6.07 Å². The predicted molar refractivity (Wildman–Crippen MR) is 154 cm³/mol. The third-order valence-electron chi connectivity index (χ3n) is 9.54. The molecule has 1 amide bonds. The number of phenols is 1. The van der Waals surface area contributed by atoms with Gasteiger partial charge in [-0.2, -0.15) is 0 Å². The number of hydrogen-bond acceptors (Lipinski definition) is 7. The van der Waals surface area contributed by atoms with Crippen LogP contribution in [-0.2, 0) is 26.7 Å². The molecule has 11 heteroatoms. The van der Waals surface area contributed by atoms with Crippen molar-refractivity contribution in [3.05, 3.63) is 64.6 Å². The zero-order valence-corrected chi connectivity index (χ0v) is 25.1. The highest BCUT2D eigenvalue weighted by Gasteiger charge is 2.69. The average Bonchev–Trinajstić information content (AvgIpc) is 3.66. The normalized spacial score (nSPS) is 29.0. The quantitative estimate of drug-likeness (QED) is 0.344. The first-order valence-corrected chi connectivity index (χ1v) is 16.0. The van der Waals surface area contributed by atoms with Crippen LogP contribution in [0.15, 0.2) is 52.6 Å². The van der Waals surface area contributed by atoms with Crippen molar-refractivity contribution < 1.29 is 32.6 Å². The molecule has 2 aliphatic heterocycles. The Hall–Kier alpha value is -3.15. The number of likely N-dealkylation sites (tertiary alicyclic amines) is 1. The SMILES string of the molecule is C/C(C(=O)NC(C)C)=C(/NS(=O)(=O)c1ccc(F)cc1)[C@@H]1Oc2c(O)ccc3c2[C@@]12CCN(CC1CC1)[C@H](C3)[C@@]2(C)O. The number of benzene rings is 2. The van der Waals surface area contributed by atoms with E-state index in [0.29, 0.717) is 30.9 Å². The summed E-state index contributed by atoms with van der Waals surface area (Å²) in [7, 11) is -4.32. The number of nitrogens with zero attached hydrogens (tertiary/aromatic N) is 1. The predicted octanol–water partition coefficient (Wildman–Crippen LogP) is 3.10. The molecule has 226 valence electrons. The Balaban J connectivity index is 1.52. The molecule has 6 rings (SSSR count). The summed E-state index contributed by atoms with van der Waals surface area (Å²) in [5, 5.41) is 26.3. The van der Waals surface area contributed by atoms with Crippen molar-refractivity contribution in [3.63, 3.8) is 0 Å². The molecule has 42 heavy (non-hydrogen) atoms. The molecule has 2 aliphatic carbocycles. The number of fused-ring (bicyclic) bond motifs is 1. The molecule has 2 aromatic rings. The molecule has 0 aromatic heterocycles. The number of carbonyl (C=O) groups is 1. The van der Waals surface area contributed by atoms with Crippen LogP contribution in [0.5, 0.6) is 11.5 Å². The van der Waals surface area contributed by atoms with Crippen molar-refractivity contribution in [2.75, 3.05) is 13.1 Å². The third-order valence-corrected chi connectivity index (χ3v) is 10.9. The minimum atomic E-state index is -4.32. The number of piperidine rings is 1. The van der Waals surface area contributed by atoms with Gasteiger partial charge in [-0.3, -0.25) is 14.4 Å². The van der Waals surface area contributed by atoms with Crippen molar-refractivity contribution in [1.29, 1.82) is 0 Å². The highest BCUT2D eigenvalue weighted by molar-refractivity contribution is 7.89. The molecule has 2 aromatic carbocycles. The van der Waals surface area contributed by atoms with E-state index in [0.717, 1.165) is 36.4 Å². The lowest BCUT2D eigenvalue weighted by atomic mass is 9.53. The second-order valence-corrected chi connectivity index (χ2v) is 14.4. The van der Waals surface area contributed by atoms with Gasteiger partial charge in [0.05, 0.1) is 21.6 Å². The van der Waals surface area contributed by atoms with Crippen molar-refractivity contribution in [3.8, 4) is 11.5 Å². The highest BCUT2D eigenvalue weighted by Crippen LogP contribution is 2.63. The number of halogens is 1. The van der Waals surface area contributed by atoms with E-state index < -0.39 is 38.9 Å². The number of aromatic hydroxyl groups is 1. The van der Waals surface area contributed by atoms with E-state index in [4.69, 9.17) is 4.74 Å². The van der Waals surface area contributed by atoms with Gasteiger partial charge in [-0.15, -0.1) is 0 Å². The molecule has 0 unspecified atom stereocenters. The smallest absolute Gasteiger partial charge is 0.261 e. The first-order chi connectivity index (χ1) is 19.8. The minimum absolute atomic E-state index is 0.0319. The van der Waals surface area contributed by atoms with Gasteiger partial charge in [0.25, 0.3) is 10.0 Å². The number of nitrogens with one attached hydrogen (secondary N) is 2. The number of aliphatic hydroxyl groups is 1. The Kier molecular flexibility index (Phi) is 6.86. The standard InChI is InChI=1S/C31H38FN3O6S/c1-17(2)33-29(37)18(3)26(34-42(39,40)22-10-8-21(32)9-11-22)28-31-13-14-35(16-19-5-6-19)24(30(31,4)38)15-20-7-12-23(36)27(41-28)25(20)31/h7-12,17,19,24,28,34,36,38H,5-6,13-16H2,1-4H3,(H,33,37)/b26-18-/t24-,28+,30-,31+/m1/s1. The summed E-state index contributed by atoms with van der Waals surface area (Å²) in [6.07, 6.45) is 2.15. The van der Waals surface area contributed by atoms with Gasteiger partial charge in [0.2, 0.25) is 5.91 Å². The molecule has 4 aliphatic rings. The summed E-state index contributed by atoms with van der Waals surface area (Å²) >= 11 is 0. The number of phenolic OH excluding ortho intramolecular Hbond substituents is 1. The highest BCUT2D eigenvalue weighted by atomic mass is 32.2. The second kappa shape index (κ2) is 9.96. The van der Waals surface area contributed by atoms with Gasteiger partial charge < -0.3 is 20.3 Å². The number of rotatable bonds is 8. The average molecular weight is 600 g/mol. The Labute approximate surface area is 245 Å².